The SMILES string of the molecule is CS(=O)(=O)N[C@@H](CNC(=O)c1cc2n(n1)CCN(CCC1CCNCC1)C2=O)C(=O)O. The highest BCUT2D eigenvalue weighted by molar-refractivity contribution is 7.88. The van der Waals surface area contributed by atoms with Gasteiger partial charge < -0.3 is 20.6 Å². The van der Waals surface area contributed by atoms with Crippen molar-refractivity contribution in [1.29, 1.82) is 0 Å². The number of piperidine rings is 1. The van der Waals surface area contributed by atoms with Crippen LogP contribution in [-0.2, 0) is 21.4 Å². The summed E-state index contributed by atoms with van der Waals surface area (Å²) in [4.78, 5) is 38.2. The van der Waals surface area contributed by atoms with E-state index in [4.69, 9.17) is 5.11 Å². The summed E-state index contributed by atoms with van der Waals surface area (Å²) in [5.41, 5.74) is 0.290. The van der Waals surface area contributed by atoms with Crippen LogP contribution in [0.2, 0.25) is 0 Å². The van der Waals surface area contributed by atoms with Gasteiger partial charge >= 0.3 is 5.97 Å². The normalized spacial score (nSPS) is 18.5. The summed E-state index contributed by atoms with van der Waals surface area (Å²) in [7, 11) is -3.77. The topological polar surface area (TPSA) is 163 Å². The van der Waals surface area contributed by atoms with Gasteiger partial charge in [0.05, 0.1) is 12.8 Å². The summed E-state index contributed by atoms with van der Waals surface area (Å²) in [6.07, 6.45) is 3.99. The van der Waals surface area contributed by atoms with Crippen molar-refractivity contribution in [3.63, 3.8) is 0 Å². The number of carbonyl (C=O) groups excluding carboxylic acids is 2. The minimum Gasteiger partial charge on any atom is -0.480 e. The highest BCUT2D eigenvalue weighted by Gasteiger charge is 2.29. The summed E-state index contributed by atoms with van der Waals surface area (Å²) in [6, 6.07) is -0.128. The van der Waals surface area contributed by atoms with Gasteiger partial charge in [0.15, 0.2) is 5.69 Å². The number of rotatable bonds is 9. The van der Waals surface area contributed by atoms with E-state index in [2.05, 4.69) is 15.7 Å². The molecule has 1 fully saturated rings. The first-order valence-electron chi connectivity index (χ1n) is 10.2. The average Bonchev–Trinajstić information content (AvgIpc) is 3.15. The van der Waals surface area contributed by atoms with E-state index in [0.29, 0.717) is 31.2 Å². The molecule has 4 N–H and O–H groups in total. The summed E-state index contributed by atoms with van der Waals surface area (Å²) in [5.74, 6) is -1.69. The van der Waals surface area contributed by atoms with Gasteiger partial charge in [0.1, 0.15) is 11.7 Å². The van der Waals surface area contributed by atoms with E-state index in [9.17, 15) is 22.8 Å². The predicted molar refractivity (Wildman–Crippen MR) is 110 cm³/mol. The molecule has 3 rings (SSSR count). The van der Waals surface area contributed by atoms with Gasteiger partial charge in [0.25, 0.3) is 11.8 Å². The Kier molecular flexibility index (Phi) is 7.28. The number of hydrogen-bond acceptors (Lipinski definition) is 7. The molecule has 0 saturated carbocycles. The van der Waals surface area contributed by atoms with Gasteiger partial charge in [-0.25, -0.2) is 8.42 Å². The van der Waals surface area contributed by atoms with Gasteiger partial charge in [0.2, 0.25) is 10.0 Å². The minimum absolute atomic E-state index is 0.0213. The molecule has 13 heteroatoms. The molecule has 1 aromatic rings. The number of carboxylic acid groups (broad SMARTS) is 1. The third-order valence-electron chi connectivity index (χ3n) is 5.49. The van der Waals surface area contributed by atoms with Crippen LogP contribution in [0.5, 0.6) is 0 Å². The van der Waals surface area contributed by atoms with Crippen LogP contribution in [0.1, 0.15) is 40.2 Å². The van der Waals surface area contributed by atoms with E-state index in [-0.39, 0.29) is 11.6 Å². The maximum absolute atomic E-state index is 12.8. The van der Waals surface area contributed by atoms with Crippen LogP contribution in [0, 0.1) is 5.92 Å². The molecule has 1 atom stereocenters. The van der Waals surface area contributed by atoms with Crippen LogP contribution in [0.3, 0.4) is 0 Å². The van der Waals surface area contributed by atoms with E-state index in [1.165, 1.54) is 10.7 Å². The van der Waals surface area contributed by atoms with Gasteiger partial charge in [-0.2, -0.15) is 9.82 Å². The molecule has 172 valence electrons. The zero-order valence-electron chi connectivity index (χ0n) is 17.3. The standard InChI is InChI=1S/C18H28N6O6S/c1-31(29,30)22-14(18(27)28)11-20-16(25)13-10-15-17(26)23(8-9-24(15)21-13)7-4-12-2-5-19-6-3-12/h10,12,14,19,22H,2-9,11H2,1H3,(H,20,25)(H,27,28)/t14-/m0/s1. The lowest BCUT2D eigenvalue weighted by Crippen LogP contribution is -2.48. The van der Waals surface area contributed by atoms with Gasteiger partial charge in [-0.3, -0.25) is 19.1 Å². The summed E-state index contributed by atoms with van der Waals surface area (Å²) in [6.45, 7) is 3.19. The molecular weight excluding hydrogens is 428 g/mol. The summed E-state index contributed by atoms with van der Waals surface area (Å²) < 4.78 is 25.9. The van der Waals surface area contributed by atoms with Crippen LogP contribution < -0.4 is 15.4 Å². The van der Waals surface area contributed by atoms with Crippen molar-refractivity contribution in [3.05, 3.63) is 17.5 Å². The summed E-state index contributed by atoms with van der Waals surface area (Å²) >= 11 is 0. The molecule has 2 aliphatic heterocycles. The Morgan fingerprint density at radius 2 is 2.03 bits per heavy atom. The summed E-state index contributed by atoms with van der Waals surface area (Å²) in [5, 5.41) is 18.9. The van der Waals surface area contributed by atoms with Crippen molar-refractivity contribution in [2.24, 2.45) is 5.92 Å². The number of aliphatic carboxylic acids is 1. The molecule has 0 unspecified atom stereocenters. The third kappa shape index (κ3) is 6.24. The molecule has 0 bridgehead atoms. The molecule has 31 heavy (non-hydrogen) atoms. The van der Waals surface area contributed by atoms with E-state index < -0.39 is 34.5 Å². The molecular formula is C18H28N6O6S. The first-order valence-corrected chi connectivity index (χ1v) is 12.1. The zero-order valence-corrected chi connectivity index (χ0v) is 18.2. The lowest BCUT2D eigenvalue weighted by atomic mass is 9.94. The van der Waals surface area contributed by atoms with Crippen molar-refractivity contribution >= 4 is 27.8 Å². The van der Waals surface area contributed by atoms with Crippen molar-refractivity contribution in [1.82, 2.24) is 30.0 Å². The lowest BCUT2D eigenvalue weighted by Gasteiger charge is -2.30. The molecule has 0 spiro atoms. The fourth-order valence-electron chi connectivity index (χ4n) is 3.79. The Morgan fingerprint density at radius 3 is 2.68 bits per heavy atom. The van der Waals surface area contributed by atoms with Gasteiger partial charge in [-0.05, 0) is 38.3 Å². The van der Waals surface area contributed by atoms with E-state index in [0.717, 1.165) is 38.6 Å². The second-order valence-corrected chi connectivity index (χ2v) is 9.68. The first-order chi connectivity index (χ1) is 14.6. The molecule has 12 nitrogen and oxygen atoms in total. The average molecular weight is 457 g/mol. The fourth-order valence-corrected chi connectivity index (χ4v) is 4.50. The smallest absolute Gasteiger partial charge is 0.323 e. The highest BCUT2D eigenvalue weighted by atomic mass is 32.2. The highest BCUT2D eigenvalue weighted by Crippen LogP contribution is 2.19. The fraction of sp³-hybridized carbons (Fsp3) is 0.667. The number of fused-ring (bicyclic) bond motifs is 1. The maximum atomic E-state index is 12.8. The van der Waals surface area contributed by atoms with Crippen molar-refractivity contribution in [2.75, 3.05) is 39.0 Å². The molecule has 1 saturated heterocycles. The minimum atomic E-state index is -3.77. The maximum Gasteiger partial charge on any atom is 0.323 e. The molecule has 0 aromatic carbocycles. The molecule has 0 aliphatic carbocycles. The van der Waals surface area contributed by atoms with Crippen LogP contribution >= 0.6 is 0 Å². The quantitative estimate of drug-likeness (QED) is 0.347. The molecule has 3 heterocycles. The van der Waals surface area contributed by atoms with Gasteiger partial charge in [-0.1, -0.05) is 0 Å². The number of sulfonamides is 1. The zero-order chi connectivity index (χ0) is 22.6. The molecule has 2 aliphatic rings. The Labute approximate surface area is 180 Å². The van der Waals surface area contributed by atoms with Gasteiger partial charge in [-0.15, -0.1) is 0 Å². The number of hydrogen-bond donors (Lipinski definition) is 4. The van der Waals surface area contributed by atoms with Crippen LogP contribution in [-0.4, -0.2) is 91.0 Å². The Bertz CT molecular complexity index is 939. The van der Waals surface area contributed by atoms with E-state index in [1.54, 1.807) is 4.90 Å². The number of amides is 2. The van der Waals surface area contributed by atoms with E-state index in [1.807, 2.05) is 4.72 Å². The Balaban J connectivity index is 1.58. The number of carboxylic acids is 1. The van der Waals surface area contributed by atoms with Crippen LogP contribution in [0.4, 0.5) is 0 Å². The Morgan fingerprint density at radius 1 is 1.32 bits per heavy atom. The molecule has 0 radical (unpaired) electrons. The number of aromatic nitrogens is 2. The lowest BCUT2D eigenvalue weighted by molar-refractivity contribution is -0.138. The van der Waals surface area contributed by atoms with E-state index >= 15 is 0 Å². The second-order valence-electron chi connectivity index (χ2n) is 7.90. The van der Waals surface area contributed by atoms with Crippen molar-refractivity contribution in [2.45, 2.75) is 31.8 Å². The number of nitrogens with one attached hydrogen (secondary N) is 3. The third-order valence-corrected chi connectivity index (χ3v) is 6.20. The largest absolute Gasteiger partial charge is 0.480 e. The number of nitrogens with zero attached hydrogens (tertiary/aromatic N) is 3. The van der Waals surface area contributed by atoms with Gasteiger partial charge in [0, 0.05) is 25.7 Å². The number of carbonyl (C=O) groups is 3. The first kappa shape index (κ1) is 23.2. The monoisotopic (exact) mass is 456 g/mol. The molecule has 1 aromatic heterocycles. The van der Waals surface area contributed by atoms with Crippen LogP contribution in [0.25, 0.3) is 0 Å². The molecule has 2 amide bonds. The van der Waals surface area contributed by atoms with Crippen molar-refractivity contribution < 1.29 is 27.9 Å². The predicted octanol–water partition coefficient (Wildman–Crippen LogP) is -1.54. The second kappa shape index (κ2) is 9.75. The Hall–Kier alpha value is -2.51. The van der Waals surface area contributed by atoms with Crippen LogP contribution in [0.15, 0.2) is 6.07 Å². The van der Waals surface area contributed by atoms with Crippen molar-refractivity contribution in [3.8, 4) is 0 Å².